The fourth-order valence-corrected chi connectivity index (χ4v) is 3.44. The molecule has 0 radical (unpaired) electrons. The average Bonchev–Trinajstić information content (AvgIpc) is 3.35. The number of aliphatic carboxylic acids is 1. The lowest BCUT2D eigenvalue weighted by Gasteiger charge is -2.33. The summed E-state index contributed by atoms with van der Waals surface area (Å²) in [7, 11) is 1.31. The number of aromatic nitrogens is 5. The molecule has 4 N–H and O–H groups in total. The normalized spacial score (nSPS) is 18.4. The van der Waals surface area contributed by atoms with Crippen molar-refractivity contribution in [3.05, 3.63) is 35.9 Å². The molecule has 11 nitrogen and oxygen atoms in total. The van der Waals surface area contributed by atoms with Gasteiger partial charge in [-0.3, -0.25) is 9.48 Å². The van der Waals surface area contributed by atoms with Crippen molar-refractivity contribution in [3.8, 4) is 0 Å². The molecule has 37 heavy (non-hydrogen) atoms. The maximum Gasteiger partial charge on any atom is 0.490 e. The minimum Gasteiger partial charge on any atom is -0.475 e. The maximum absolute atomic E-state index is 13.9. The summed E-state index contributed by atoms with van der Waals surface area (Å²) in [4.78, 5) is 27.6. The molecule has 0 spiro atoms. The Morgan fingerprint density at radius 1 is 1.19 bits per heavy atom. The number of alkyl halides is 7. The average molecular weight is 540 g/mol. The molecule has 202 valence electrons. The second-order valence-corrected chi connectivity index (χ2v) is 7.93. The molecule has 1 aliphatic heterocycles. The van der Waals surface area contributed by atoms with E-state index in [4.69, 9.17) is 15.6 Å². The van der Waals surface area contributed by atoms with Gasteiger partial charge in [-0.25, -0.2) is 18.7 Å². The lowest BCUT2D eigenvalue weighted by Crippen LogP contribution is -2.48. The van der Waals surface area contributed by atoms with Gasteiger partial charge in [-0.1, -0.05) is 0 Å². The number of nitrogens with two attached hydrogens (primary N) is 1. The minimum atomic E-state index is -5.08. The van der Waals surface area contributed by atoms with Gasteiger partial charge in [0.15, 0.2) is 11.3 Å². The summed E-state index contributed by atoms with van der Waals surface area (Å²) < 4.78 is 87.3. The lowest BCUT2D eigenvalue weighted by molar-refractivity contribution is -0.192. The molecule has 1 fully saturated rings. The van der Waals surface area contributed by atoms with E-state index in [1.165, 1.54) is 24.0 Å². The number of piperidine rings is 1. The molecule has 0 aromatic carbocycles. The number of fused-ring (bicyclic) bond motifs is 1. The van der Waals surface area contributed by atoms with Crippen LogP contribution < -0.4 is 16.0 Å². The first-order valence-electron chi connectivity index (χ1n) is 10.3. The molecule has 3 aromatic heterocycles. The quantitative estimate of drug-likeness (QED) is 0.430. The number of carboxylic acids is 1. The fourth-order valence-electron chi connectivity index (χ4n) is 3.44. The molecule has 3 aromatic rings. The van der Waals surface area contributed by atoms with E-state index in [0.29, 0.717) is 12.4 Å². The van der Waals surface area contributed by atoms with Gasteiger partial charge in [-0.15, -0.1) is 0 Å². The largest absolute Gasteiger partial charge is 0.490 e. The Morgan fingerprint density at radius 3 is 2.41 bits per heavy atom. The van der Waals surface area contributed by atoms with Crippen molar-refractivity contribution in [2.45, 2.75) is 31.0 Å². The highest BCUT2D eigenvalue weighted by atomic mass is 19.4. The Morgan fingerprint density at radius 2 is 1.84 bits per heavy atom. The number of amides is 1. The maximum atomic E-state index is 13.9. The molecule has 0 aliphatic carbocycles. The van der Waals surface area contributed by atoms with Gasteiger partial charge in [-0.05, 0) is 12.5 Å². The van der Waals surface area contributed by atoms with Crippen LogP contribution in [0.4, 0.5) is 42.2 Å². The molecule has 1 saturated heterocycles. The number of aryl methyl sites for hydroxylation is 1. The molecule has 2 atom stereocenters. The number of halogens is 7. The summed E-state index contributed by atoms with van der Waals surface area (Å²) in [5.74, 6) is -3.19. The van der Waals surface area contributed by atoms with E-state index < -0.39 is 41.8 Å². The van der Waals surface area contributed by atoms with Gasteiger partial charge in [0.1, 0.15) is 17.6 Å². The van der Waals surface area contributed by atoms with E-state index in [-0.39, 0.29) is 30.2 Å². The van der Waals surface area contributed by atoms with Crippen LogP contribution >= 0.6 is 0 Å². The number of carbonyl (C=O) groups excluding carboxylic acids is 1. The van der Waals surface area contributed by atoms with Gasteiger partial charge in [-0.2, -0.15) is 36.5 Å². The number of carbonyl (C=O) groups is 2. The van der Waals surface area contributed by atoms with Crippen LogP contribution in [0.2, 0.25) is 0 Å². The van der Waals surface area contributed by atoms with Crippen LogP contribution in [0.3, 0.4) is 0 Å². The number of hydrogen-bond donors (Lipinski definition) is 3. The minimum absolute atomic E-state index is 0.0352. The second-order valence-electron chi connectivity index (χ2n) is 7.93. The van der Waals surface area contributed by atoms with Gasteiger partial charge in [0.05, 0.1) is 18.4 Å². The number of nitrogens with one attached hydrogen (secondary N) is 1. The van der Waals surface area contributed by atoms with Crippen LogP contribution in [0.1, 0.15) is 22.5 Å². The summed E-state index contributed by atoms with van der Waals surface area (Å²) in [5, 5.41) is 16.7. The molecule has 0 saturated carbocycles. The number of anilines is 2. The van der Waals surface area contributed by atoms with Crippen molar-refractivity contribution in [3.63, 3.8) is 0 Å². The predicted octanol–water partition coefficient (Wildman–Crippen LogP) is 2.24. The van der Waals surface area contributed by atoms with Gasteiger partial charge >= 0.3 is 18.3 Å². The van der Waals surface area contributed by atoms with Crippen LogP contribution in [0.25, 0.3) is 5.65 Å². The van der Waals surface area contributed by atoms with Crippen molar-refractivity contribution in [1.29, 1.82) is 0 Å². The first-order valence-corrected chi connectivity index (χ1v) is 10.3. The molecular weight excluding hydrogens is 521 g/mol. The zero-order valence-corrected chi connectivity index (χ0v) is 18.8. The van der Waals surface area contributed by atoms with Gasteiger partial charge in [0.2, 0.25) is 0 Å². The zero-order valence-electron chi connectivity index (χ0n) is 18.8. The second kappa shape index (κ2) is 10.2. The molecule has 4 rings (SSSR count). The van der Waals surface area contributed by atoms with Crippen molar-refractivity contribution < 1.29 is 45.4 Å². The van der Waals surface area contributed by atoms with Crippen LogP contribution in [0.15, 0.2) is 24.7 Å². The molecule has 0 bridgehead atoms. The Balaban J connectivity index is 0.000000479. The number of carboxylic acid groups (broad SMARTS) is 1. The van der Waals surface area contributed by atoms with Gasteiger partial charge in [0.25, 0.3) is 5.91 Å². The van der Waals surface area contributed by atoms with E-state index in [1.54, 1.807) is 11.0 Å². The van der Waals surface area contributed by atoms with E-state index in [0.717, 1.165) is 10.9 Å². The highest BCUT2D eigenvalue weighted by Crippen LogP contribution is 2.33. The van der Waals surface area contributed by atoms with Crippen molar-refractivity contribution in [2.24, 2.45) is 12.8 Å². The third kappa shape index (κ3) is 6.63. The smallest absolute Gasteiger partial charge is 0.475 e. The Kier molecular flexibility index (Phi) is 7.61. The van der Waals surface area contributed by atoms with Crippen LogP contribution in [-0.4, -0.2) is 72.8 Å². The highest BCUT2D eigenvalue weighted by molar-refractivity contribution is 6.08. The summed E-state index contributed by atoms with van der Waals surface area (Å²) >= 11 is 0. The van der Waals surface area contributed by atoms with Crippen LogP contribution in [0, 0.1) is 0 Å². The van der Waals surface area contributed by atoms with Crippen LogP contribution in [0.5, 0.6) is 0 Å². The van der Waals surface area contributed by atoms with Crippen LogP contribution in [-0.2, 0) is 18.0 Å². The number of hydrogen-bond acceptors (Lipinski definition) is 7. The number of nitrogens with zero attached hydrogens (tertiary/aromatic N) is 6. The van der Waals surface area contributed by atoms with Crippen molar-refractivity contribution in [2.75, 3.05) is 23.3 Å². The fraction of sp³-hybridized carbons (Fsp3) is 0.421. The van der Waals surface area contributed by atoms with Gasteiger partial charge in [0, 0.05) is 32.0 Å². The summed E-state index contributed by atoms with van der Waals surface area (Å²) in [5.41, 5.74) is 4.27. The molecule has 0 unspecified atom stereocenters. The SMILES string of the molecule is Cn1cc(NC(=O)c2cnn3ccc(N4C[C@H](N)C[C@@H](F)C4)nc23)c(C(F)(F)F)n1.O=C(O)C(F)(F)F. The predicted molar refractivity (Wildman–Crippen MR) is 113 cm³/mol. The summed E-state index contributed by atoms with van der Waals surface area (Å²) in [6.45, 7) is 0.501. The van der Waals surface area contributed by atoms with E-state index in [9.17, 15) is 35.5 Å². The number of rotatable bonds is 3. The summed E-state index contributed by atoms with van der Waals surface area (Å²) in [6.07, 6.45) is -6.87. The molecule has 18 heteroatoms. The van der Waals surface area contributed by atoms with Crippen molar-refractivity contribution >= 4 is 29.0 Å². The third-order valence-corrected chi connectivity index (χ3v) is 4.94. The Bertz CT molecular complexity index is 1280. The summed E-state index contributed by atoms with van der Waals surface area (Å²) in [6, 6.07) is 1.25. The standard InChI is InChI=1S/C17H18F4N8O.C2HF3O2/c1-27-8-12(14(26-27)17(19,20)21)24-16(30)11-5-23-29-3-2-13(25-15(11)29)28-6-9(18)4-10(22)7-28;3-2(4,5)1(6)7/h2-3,5,8-10H,4,6-7,22H2,1H3,(H,24,30);(H,6,7)/t9-,10-;/m1./s1. The molecule has 4 heterocycles. The molecule has 1 amide bonds. The molecular formula is C19H19F7N8O3. The first kappa shape index (κ1) is 27.6. The first-order chi connectivity index (χ1) is 17.1. The molecule has 1 aliphatic rings. The highest BCUT2D eigenvalue weighted by Gasteiger charge is 2.39. The van der Waals surface area contributed by atoms with E-state index in [2.05, 4.69) is 20.5 Å². The van der Waals surface area contributed by atoms with Crippen molar-refractivity contribution in [1.82, 2.24) is 24.4 Å². The lowest BCUT2D eigenvalue weighted by atomic mass is 10.1. The van der Waals surface area contributed by atoms with E-state index >= 15 is 0 Å². The zero-order chi connectivity index (χ0) is 27.7. The topological polar surface area (TPSA) is 144 Å². The monoisotopic (exact) mass is 540 g/mol. The van der Waals surface area contributed by atoms with E-state index in [1.807, 2.05) is 0 Å². The third-order valence-electron chi connectivity index (χ3n) is 4.94. The van der Waals surface area contributed by atoms with Gasteiger partial charge < -0.3 is 21.1 Å². The Labute approximate surface area is 202 Å². The Hall–Kier alpha value is -3.96.